The molecule has 0 saturated heterocycles. The van der Waals surface area contributed by atoms with Gasteiger partial charge in [-0.3, -0.25) is 14.8 Å². The first-order valence-electron chi connectivity index (χ1n) is 8.15. The number of carbonyl (C=O) groups excluding carboxylic acids is 1. The van der Waals surface area contributed by atoms with Crippen LogP contribution in [0.1, 0.15) is 10.5 Å². The summed E-state index contributed by atoms with van der Waals surface area (Å²) in [7, 11) is 0. The van der Waals surface area contributed by atoms with E-state index in [9.17, 15) is 4.79 Å². The number of thiazole rings is 1. The lowest BCUT2D eigenvalue weighted by Gasteiger charge is -2.11. The van der Waals surface area contributed by atoms with Gasteiger partial charge in [0, 0.05) is 17.8 Å². The van der Waals surface area contributed by atoms with Crippen molar-refractivity contribution < 1.29 is 9.53 Å². The molecule has 0 fully saturated rings. The van der Waals surface area contributed by atoms with Gasteiger partial charge in [-0.2, -0.15) is 0 Å². The zero-order valence-corrected chi connectivity index (χ0v) is 14.9. The number of amides is 1. The van der Waals surface area contributed by atoms with Crippen molar-refractivity contribution in [2.24, 2.45) is 0 Å². The Balaban J connectivity index is 1.53. The van der Waals surface area contributed by atoms with Gasteiger partial charge in [0.15, 0.2) is 5.75 Å². The van der Waals surface area contributed by atoms with Crippen LogP contribution in [0.2, 0.25) is 0 Å². The predicted octanol–water partition coefficient (Wildman–Crippen LogP) is 4.64. The maximum absolute atomic E-state index is 12.6. The van der Waals surface area contributed by atoms with Gasteiger partial charge in [-0.05, 0) is 24.3 Å². The summed E-state index contributed by atoms with van der Waals surface area (Å²) in [5, 5.41) is 5.19. The van der Waals surface area contributed by atoms with E-state index < -0.39 is 0 Å². The third kappa shape index (κ3) is 3.99. The number of nitrogens with zero attached hydrogens (tertiary/aromatic N) is 3. The van der Waals surface area contributed by atoms with Crippen molar-refractivity contribution in [2.45, 2.75) is 0 Å². The first kappa shape index (κ1) is 16.9. The van der Waals surface area contributed by atoms with Crippen LogP contribution in [-0.2, 0) is 0 Å². The Bertz CT molecular complexity index is 1050. The van der Waals surface area contributed by atoms with Gasteiger partial charge in [0.25, 0.3) is 5.91 Å². The maximum atomic E-state index is 12.6. The van der Waals surface area contributed by atoms with Gasteiger partial charge in [-0.1, -0.05) is 30.3 Å². The number of carbonyl (C=O) groups is 1. The summed E-state index contributed by atoms with van der Waals surface area (Å²) in [6.07, 6.45) is 4.80. The number of ether oxygens (including phenoxy) is 1. The minimum atomic E-state index is -0.314. The van der Waals surface area contributed by atoms with E-state index in [1.807, 2.05) is 42.5 Å². The van der Waals surface area contributed by atoms with Crippen molar-refractivity contribution in [3.05, 3.63) is 84.3 Å². The highest BCUT2D eigenvalue weighted by molar-refractivity contribution is 7.13. The molecule has 1 amide bonds. The number of para-hydroxylation sites is 3. The molecule has 7 heteroatoms. The molecule has 0 atom stereocenters. The normalized spacial score (nSPS) is 10.4. The quantitative estimate of drug-likeness (QED) is 0.550. The highest BCUT2D eigenvalue weighted by Crippen LogP contribution is 2.30. The van der Waals surface area contributed by atoms with Crippen molar-refractivity contribution in [2.75, 3.05) is 5.32 Å². The Morgan fingerprint density at radius 2 is 1.81 bits per heavy atom. The molecule has 27 heavy (non-hydrogen) atoms. The van der Waals surface area contributed by atoms with Crippen LogP contribution in [0.25, 0.3) is 10.7 Å². The van der Waals surface area contributed by atoms with E-state index in [-0.39, 0.29) is 5.91 Å². The third-order valence-electron chi connectivity index (χ3n) is 3.63. The average Bonchev–Trinajstić information content (AvgIpc) is 3.21. The standard InChI is InChI=1S/C20H14N4O2S/c25-19(17-13-27-20(24-17)16-12-21-10-11-22-16)23-15-8-4-5-9-18(15)26-14-6-2-1-3-7-14/h1-13H,(H,23,25). The largest absolute Gasteiger partial charge is 0.455 e. The fourth-order valence-corrected chi connectivity index (χ4v) is 3.13. The number of rotatable bonds is 5. The van der Waals surface area contributed by atoms with E-state index in [1.54, 1.807) is 36.1 Å². The van der Waals surface area contributed by atoms with Gasteiger partial charge in [0.1, 0.15) is 22.1 Å². The number of nitrogens with one attached hydrogen (secondary N) is 1. The highest BCUT2D eigenvalue weighted by atomic mass is 32.1. The van der Waals surface area contributed by atoms with E-state index in [4.69, 9.17) is 4.74 Å². The summed E-state index contributed by atoms with van der Waals surface area (Å²) in [6.45, 7) is 0. The minimum Gasteiger partial charge on any atom is -0.455 e. The number of aromatic nitrogens is 3. The maximum Gasteiger partial charge on any atom is 0.275 e. The molecule has 0 aliphatic carbocycles. The summed E-state index contributed by atoms with van der Waals surface area (Å²) in [5.74, 6) is 0.935. The molecule has 0 bridgehead atoms. The molecule has 0 saturated carbocycles. The second-order valence-corrected chi connectivity index (χ2v) is 6.35. The molecular formula is C20H14N4O2S. The molecule has 0 aliphatic heterocycles. The van der Waals surface area contributed by atoms with Crippen LogP contribution < -0.4 is 10.1 Å². The van der Waals surface area contributed by atoms with Gasteiger partial charge in [-0.15, -0.1) is 11.3 Å². The molecule has 4 aromatic rings. The number of anilines is 1. The molecule has 0 aliphatic rings. The Morgan fingerprint density at radius 1 is 1.00 bits per heavy atom. The van der Waals surface area contributed by atoms with Gasteiger partial charge in [0.2, 0.25) is 0 Å². The summed E-state index contributed by atoms with van der Waals surface area (Å²) in [5.41, 5.74) is 1.52. The molecule has 2 aromatic carbocycles. The van der Waals surface area contributed by atoms with Crippen LogP contribution in [0.5, 0.6) is 11.5 Å². The van der Waals surface area contributed by atoms with Crippen LogP contribution in [0.4, 0.5) is 5.69 Å². The first-order valence-corrected chi connectivity index (χ1v) is 9.03. The minimum absolute atomic E-state index is 0.314. The van der Waals surface area contributed by atoms with E-state index in [2.05, 4.69) is 20.3 Å². The van der Waals surface area contributed by atoms with Gasteiger partial charge in [-0.25, -0.2) is 4.98 Å². The Kier molecular flexibility index (Phi) is 4.84. The average molecular weight is 374 g/mol. The summed E-state index contributed by atoms with van der Waals surface area (Å²) < 4.78 is 5.87. The number of hydrogen-bond acceptors (Lipinski definition) is 6. The van der Waals surface area contributed by atoms with Crippen molar-refractivity contribution >= 4 is 22.9 Å². The topological polar surface area (TPSA) is 77.0 Å². The van der Waals surface area contributed by atoms with Crippen molar-refractivity contribution in [3.8, 4) is 22.2 Å². The lowest BCUT2D eigenvalue weighted by Crippen LogP contribution is -2.13. The van der Waals surface area contributed by atoms with E-state index in [0.29, 0.717) is 33.6 Å². The smallest absolute Gasteiger partial charge is 0.275 e. The van der Waals surface area contributed by atoms with Crippen LogP contribution in [0, 0.1) is 0 Å². The molecule has 6 nitrogen and oxygen atoms in total. The number of hydrogen-bond donors (Lipinski definition) is 1. The zero-order chi connectivity index (χ0) is 18.5. The molecule has 4 rings (SSSR count). The predicted molar refractivity (Wildman–Crippen MR) is 104 cm³/mol. The fourth-order valence-electron chi connectivity index (χ4n) is 2.37. The van der Waals surface area contributed by atoms with Gasteiger partial charge in [0.05, 0.1) is 11.9 Å². The Hall–Kier alpha value is -3.58. The summed E-state index contributed by atoms with van der Waals surface area (Å²) >= 11 is 1.34. The molecule has 0 spiro atoms. The second-order valence-electron chi connectivity index (χ2n) is 5.49. The van der Waals surface area contributed by atoms with Gasteiger partial charge < -0.3 is 10.1 Å². The Morgan fingerprint density at radius 3 is 2.63 bits per heavy atom. The SMILES string of the molecule is O=C(Nc1ccccc1Oc1ccccc1)c1csc(-c2cnccn2)n1. The molecule has 1 N–H and O–H groups in total. The second kappa shape index (κ2) is 7.76. The number of benzene rings is 2. The molecular weight excluding hydrogens is 360 g/mol. The summed E-state index contributed by atoms with van der Waals surface area (Å²) in [4.78, 5) is 25.2. The van der Waals surface area contributed by atoms with E-state index >= 15 is 0 Å². The zero-order valence-electron chi connectivity index (χ0n) is 14.1. The summed E-state index contributed by atoms with van der Waals surface area (Å²) in [6, 6.07) is 16.7. The first-order chi connectivity index (χ1) is 13.3. The Labute approximate surface area is 159 Å². The van der Waals surface area contributed by atoms with E-state index in [0.717, 1.165) is 0 Å². The molecule has 2 heterocycles. The van der Waals surface area contributed by atoms with Crippen LogP contribution in [-0.4, -0.2) is 20.9 Å². The lowest BCUT2D eigenvalue weighted by atomic mass is 10.2. The monoisotopic (exact) mass is 374 g/mol. The third-order valence-corrected chi connectivity index (χ3v) is 4.49. The van der Waals surface area contributed by atoms with Crippen molar-refractivity contribution in [1.29, 1.82) is 0 Å². The van der Waals surface area contributed by atoms with E-state index in [1.165, 1.54) is 11.3 Å². The van der Waals surface area contributed by atoms with Crippen molar-refractivity contribution in [1.82, 2.24) is 15.0 Å². The van der Waals surface area contributed by atoms with Crippen LogP contribution in [0.3, 0.4) is 0 Å². The molecule has 0 unspecified atom stereocenters. The lowest BCUT2D eigenvalue weighted by molar-refractivity contribution is 0.102. The van der Waals surface area contributed by atoms with Gasteiger partial charge >= 0.3 is 0 Å². The van der Waals surface area contributed by atoms with Crippen LogP contribution in [0.15, 0.2) is 78.6 Å². The van der Waals surface area contributed by atoms with Crippen LogP contribution >= 0.6 is 11.3 Å². The highest BCUT2D eigenvalue weighted by Gasteiger charge is 2.15. The fraction of sp³-hybridized carbons (Fsp3) is 0. The molecule has 2 aromatic heterocycles. The molecule has 132 valence electrons. The van der Waals surface area contributed by atoms with Crippen molar-refractivity contribution in [3.63, 3.8) is 0 Å². The molecule has 0 radical (unpaired) electrons.